The van der Waals surface area contributed by atoms with Crippen molar-refractivity contribution in [1.82, 2.24) is 5.32 Å². The van der Waals surface area contributed by atoms with E-state index in [9.17, 15) is 4.79 Å². The zero-order chi connectivity index (χ0) is 15.5. The fourth-order valence-electron chi connectivity index (χ4n) is 2.10. The average Bonchev–Trinajstić information content (AvgIpc) is 2.50. The third-order valence-corrected chi connectivity index (χ3v) is 5.50. The van der Waals surface area contributed by atoms with E-state index in [0.717, 1.165) is 15.6 Å². The molecule has 1 unspecified atom stereocenters. The summed E-state index contributed by atoms with van der Waals surface area (Å²) in [5.41, 5.74) is 2.34. The van der Waals surface area contributed by atoms with Gasteiger partial charge in [0.1, 0.15) is 0 Å². The van der Waals surface area contributed by atoms with Gasteiger partial charge in [-0.1, -0.05) is 62.2 Å². The molecule has 2 aromatic carbocycles. The molecule has 110 valence electrons. The van der Waals surface area contributed by atoms with Crippen LogP contribution in [0, 0.1) is 6.92 Å². The van der Waals surface area contributed by atoms with Crippen LogP contribution in [-0.4, -0.2) is 11.2 Å². The first-order chi connectivity index (χ1) is 9.96. The van der Waals surface area contributed by atoms with Crippen LogP contribution in [0.2, 0.25) is 0 Å². The molecule has 0 aliphatic rings. The largest absolute Gasteiger partial charge is 0.342 e. The van der Waals surface area contributed by atoms with Gasteiger partial charge in [-0.2, -0.15) is 0 Å². The second-order valence-corrected chi connectivity index (χ2v) is 6.66. The lowest BCUT2D eigenvalue weighted by Gasteiger charge is -2.29. The predicted octanol–water partition coefficient (Wildman–Crippen LogP) is 4.80. The molecule has 0 saturated carbocycles. The van der Waals surface area contributed by atoms with Crippen LogP contribution in [0.3, 0.4) is 0 Å². The maximum Gasteiger partial charge on any atom is 0.252 e. The van der Waals surface area contributed by atoms with Crippen molar-refractivity contribution < 1.29 is 4.79 Å². The summed E-state index contributed by atoms with van der Waals surface area (Å²) in [5.74, 6) is -0.0728. The van der Waals surface area contributed by atoms with Gasteiger partial charge in [-0.05, 0) is 43.2 Å². The van der Waals surface area contributed by atoms with Gasteiger partial charge < -0.3 is 5.32 Å². The van der Waals surface area contributed by atoms with Crippen molar-refractivity contribution in [3.05, 3.63) is 69.7 Å². The number of halogens is 2. The summed E-state index contributed by atoms with van der Waals surface area (Å²) < 4.78 is 1.00. The Balaban J connectivity index is 2.26. The Bertz CT molecular complexity index is 642. The van der Waals surface area contributed by atoms with Crippen molar-refractivity contribution >= 4 is 37.8 Å². The number of hydrogen-bond donors (Lipinski definition) is 1. The van der Waals surface area contributed by atoms with Crippen LogP contribution >= 0.6 is 31.9 Å². The van der Waals surface area contributed by atoms with Gasteiger partial charge in [0.2, 0.25) is 0 Å². The van der Waals surface area contributed by atoms with Crippen LogP contribution in [0.4, 0.5) is 0 Å². The summed E-state index contributed by atoms with van der Waals surface area (Å²) in [4.78, 5) is 12.5. The molecule has 0 aliphatic carbocycles. The summed E-state index contributed by atoms with van der Waals surface area (Å²) in [6.07, 6.45) is 0. The maximum atomic E-state index is 12.5. The monoisotopic (exact) mass is 409 g/mol. The molecular formula is C17H17Br2NO. The number of rotatable bonds is 4. The van der Waals surface area contributed by atoms with Crippen molar-refractivity contribution in [3.8, 4) is 0 Å². The molecule has 0 bridgehead atoms. The smallest absolute Gasteiger partial charge is 0.252 e. The van der Waals surface area contributed by atoms with Gasteiger partial charge in [0.05, 0.1) is 5.54 Å². The van der Waals surface area contributed by atoms with E-state index in [2.05, 4.69) is 37.2 Å². The number of benzene rings is 2. The number of carbonyl (C=O) groups excluding carboxylic acids is 1. The fourth-order valence-corrected chi connectivity index (χ4v) is 2.81. The normalized spacial score (nSPS) is 13.5. The van der Waals surface area contributed by atoms with Gasteiger partial charge >= 0.3 is 0 Å². The Labute approximate surface area is 142 Å². The molecule has 2 aromatic rings. The van der Waals surface area contributed by atoms with Crippen LogP contribution in [0.1, 0.15) is 28.4 Å². The minimum absolute atomic E-state index is 0.0728. The summed E-state index contributed by atoms with van der Waals surface area (Å²) in [6.45, 7) is 3.99. The first-order valence-electron chi connectivity index (χ1n) is 6.66. The predicted molar refractivity (Wildman–Crippen MR) is 93.9 cm³/mol. The molecular weight excluding hydrogens is 394 g/mol. The SMILES string of the molecule is Cc1cc(C(=O)NC(C)(CBr)c2ccccc2)ccc1Br. The molecule has 0 aliphatic heterocycles. The summed E-state index contributed by atoms with van der Waals surface area (Å²) in [6, 6.07) is 15.6. The minimum atomic E-state index is -0.445. The van der Waals surface area contributed by atoms with E-state index >= 15 is 0 Å². The number of carbonyl (C=O) groups is 1. The fraction of sp³-hybridized carbons (Fsp3) is 0.235. The molecule has 21 heavy (non-hydrogen) atoms. The van der Waals surface area contributed by atoms with Gasteiger partial charge in [-0.3, -0.25) is 4.79 Å². The molecule has 0 fully saturated rings. The highest BCUT2D eigenvalue weighted by molar-refractivity contribution is 9.10. The second kappa shape index (κ2) is 6.75. The zero-order valence-electron chi connectivity index (χ0n) is 12.0. The number of nitrogens with one attached hydrogen (secondary N) is 1. The van der Waals surface area contributed by atoms with Crippen molar-refractivity contribution in [2.75, 3.05) is 5.33 Å². The van der Waals surface area contributed by atoms with E-state index in [0.29, 0.717) is 10.9 Å². The Kier molecular flexibility index (Phi) is 5.22. The van der Waals surface area contributed by atoms with Crippen molar-refractivity contribution in [1.29, 1.82) is 0 Å². The Morgan fingerprint density at radius 3 is 2.43 bits per heavy atom. The lowest BCUT2D eigenvalue weighted by atomic mass is 9.93. The molecule has 1 atom stereocenters. The Morgan fingerprint density at radius 2 is 1.86 bits per heavy atom. The van der Waals surface area contributed by atoms with E-state index in [1.54, 1.807) is 0 Å². The number of amides is 1. The topological polar surface area (TPSA) is 29.1 Å². The van der Waals surface area contributed by atoms with Gasteiger partial charge in [-0.25, -0.2) is 0 Å². The Hall–Kier alpha value is -1.13. The maximum absolute atomic E-state index is 12.5. The highest BCUT2D eigenvalue weighted by atomic mass is 79.9. The van der Waals surface area contributed by atoms with Gasteiger partial charge in [-0.15, -0.1) is 0 Å². The minimum Gasteiger partial charge on any atom is -0.342 e. The standard InChI is InChI=1S/C17H17Br2NO/c1-12-10-13(8-9-15(12)19)16(21)20-17(2,11-18)14-6-4-3-5-7-14/h3-10H,11H2,1-2H3,(H,20,21). The molecule has 0 radical (unpaired) electrons. The number of alkyl halides is 1. The molecule has 0 heterocycles. The van der Waals surface area contributed by atoms with Crippen molar-refractivity contribution in [2.45, 2.75) is 19.4 Å². The lowest BCUT2D eigenvalue weighted by molar-refractivity contribution is 0.0914. The molecule has 0 spiro atoms. The van der Waals surface area contributed by atoms with Crippen LogP contribution in [0.15, 0.2) is 53.0 Å². The molecule has 0 aromatic heterocycles. The summed E-state index contributed by atoms with van der Waals surface area (Å²) >= 11 is 6.96. The number of aryl methyl sites for hydroxylation is 1. The summed E-state index contributed by atoms with van der Waals surface area (Å²) in [5, 5.41) is 3.77. The van der Waals surface area contributed by atoms with Gasteiger partial charge in [0.25, 0.3) is 5.91 Å². The highest BCUT2D eigenvalue weighted by Gasteiger charge is 2.27. The van der Waals surface area contributed by atoms with E-state index in [1.165, 1.54) is 0 Å². The highest BCUT2D eigenvalue weighted by Crippen LogP contribution is 2.24. The van der Waals surface area contributed by atoms with Crippen LogP contribution in [0.5, 0.6) is 0 Å². The van der Waals surface area contributed by atoms with E-state index in [1.807, 2.05) is 62.4 Å². The lowest BCUT2D eigenvalue weighted by Crippen LogP contribution is -2.44. The molecule has 0 saturated heterocycles. The van der Waals surface area contributed by atoms with Crippen LogP contribution < -0.4 is 5.32 Å². The molecule has 4 heteroatoms. The summed E-state index contributed by atoms with van der Waals surface area (Å²) in [7, 11) is 0. The van der Waals surface area contributed by atoms with E-state index < -0.39 is 5.54 Å². The number of hydrogen-bond acceptors (Lipinski definition) is 1. The molecule has 2 rings (SSSR count). The zero-order valence-corrected chi connectivity index (χ0v) is 15.2. The third kappa shape index (κ3) is 3.74. The van der Waals surface area contributed by atoms with Gasteiger partial charge in [0.15, 0.2) is 0 Å². The average molecular weight is 411 g/mol. The molecule has 1 amide bonds. The van der Waals surface area contributed by atoms with Gasteiger partial charge in [0, 0.05) is 15.4 Å². The second-order valence-electron chi connectivity index (χ2n) is 5.25. The van der Waals surface area contributed by atoms with E-state index in [4.69, 9.17) is 0 Å². The third-order valence-electron chi connectivity index (χ3n) is 3.49. The van der Waals surface area contributed by atoms with E-state index in [-0.39, 0.29) is 5.91 Å². The van der Waals surface area contributed by atoms with Crippen molar-refractivity contribution in [3.63, 3.8) is 0 Å². The first kappa shape index (κ1) is 16.2. The van der Waals surface area contributed by atoms with Crippen LogP contribution in [0.25, 0.3) is 0 Å². The van der Waals surface area contributed by atoms with Crippen molar-refractivity contribution in [2.24, 2.45) is 0 Å². The molecule has 1 N–H and O–H groups in total. The Morgan fingerprint density at radius 1 is 1.19 bits per heavy atom. The molecule has 2 nitrogen and oxygen atoms in total. The quantitative estimate of drug-likeness (QED) is 0.720. The first-order valence-corrected chi connectivity index (χ1v) is 8.58. The van der Waals surface area contributed by atoms with Crippen LogP contribution in [-0.2, 0) is 5.54 Å².